The highest BCUT2D eigenvalue weighted by Crippen LogP contribution is 2.09. The number of hydrogen-bond acceptors (Lipinski definition) is 3. The molecule has 0 aromatic rings. The molecule has 0 rings (SSSR count). The van der Waals surface area contributed by atoms with Crippen LogP contribution in [0.1, 0.15) is 26.2 Å². The molecule has 0 fully saturated rings. The van der Waals surface area contributed by atoms with Gasteiger partial charge in [-0.3, -0.25) is 9.79 Å². The average molecular weight is 227 g/mol. The summed E-state index contributed by atoms with van der Waals surface area (Å²) in [4.78, 5) is 14.7. The highest BCUT2D eigenvalue weighted by Gasteiger charge is 2.14. The molecular weight excluding hydrogens is 206 g/mol. The first-order valence-electron chi connectivity index (χ1n) is 5.35. The zero-order valence-corrected chi connectivity index (χ0v) is 9.72. The minimum absolute atomic E-state index is 0.228. The van der Waals surface area contributed by atoms with E-state index in [0.717, 1.165) is 6.42 Å². The molecule has 0 bridgehead atoms. The minimum atomic E-state index is -0.957. The molecule has 16 heavy (non-hydrogen) atoms. The van der Waals surface area contributed by atoms with E-state index in [9.17, 15) is 4.79 Å². The standard InChI is InChI=1S/C11H21N3O2/c1-3-4-10(13)14-6-5-8(2)7-9(12)11(15)16/h3,8-9H,1,4-7,12H2,2H3,(H2,13,14)(H,15,16)/t8-,9+/m1/s1. The van der Waals surface area contributed by atoms with Crippen LogP contribution >= 0.6 is 0 Å². The maximum Gasteiger partial charge on any atom is 0.320 e. The van der Waals surface area contributed by atoms with E-state index in [-0.39, 0.29) is 5.92 Å². The van der Waals surface area contributed by atoms with E-state index in [2.05, 4.69) is 11.6 Å². The Bertz CT molecular complexity index is 264. The monoisotopic (exact) mass is 227 g/mol. The molecule has 0 aliphatic heterocycles. The molecule has 5 N–H and O–H groups in total. The van der Waals surface area contributed by atoms with E-state index >= 15 is 0 Å². The molecule has 92 valence electrons. The summed E-state index contributed by atoms with van der Waals surface area (Å²) >= 11 is 0. The first-order valence-corrected chi connectivity index (χ1v) is 5.35. The van der Waals surface area contributed by atoms with Crippen LogP contribution in [-0.4, -0.2) is 29.5 Å². The Hall–Kier alpha value is -1.36. The molecule has 0 aliphatic rings. The molecule has 0 radical (unpaired) electrons. The van der Waals surface area contributed by atoms with Gasteiger partial charge in [0.15, 0.2) is 0 Å². The van der Waals surface area contributed by atoms with Crippen LogP contribution < -0.4 is 11.5 Å². The second-order valence-electron chi connectivity index (χ2n) is 3.94. The summed E-state index contributed by atoms with van der Waals surface area (Å²) in [6, 6.07) is -0.787. The highest BCUT2D eigenvalue weighted by atomic mass is 16.4. The van der Waals surface area contributed by atoms with Crippen molar-refractivity contribution in [3.63, 3.8) is 0 Å². The van der Waals surface area contributed by atoms with Gasteiger partial charge in [0.05, 0.1) is 5.84 Å². The van der Waals surface area contributed by atoms with Crippen LogP contribution in [0, 0.1) is 5.92 Å². The summed E-state index contributed by atoms with van der Waals surface area (Å²) in [7, 11) is 0. The van der Waals surface area contributed by atoms with Crippen molar-refractivity contribution in [3.8, 4) is 0 Å². The zero-order valence-electron chi connectivity index (χ0n) is 9.72. The van der Waals surface area contributed by atoms with E-state index < -0.39 is 12.0 Å². The number of aliphatic imine (C=N–C) groups is 1. The van der Waals surface area contributed by atoms with Gasteiger partial charge in [0, 0.05) is 13.0 Å². The van der Waals surface area contributed by atoms with Crippen LogP contribution in [0.2, 0.25) is 0 Å². The second-order valence-corrected chi connectivity index (χ2v) is 3.94. The van der Waals surface area contributed by atoms with Crippen LogP contribution in [-0.2, 0) is 4.79 Å². The molecular formula is C11H21N3O2. The fourth-order valence-electron chi connectivity index (χ4n) is 1.29. The van der Waals surface area contributed by atoms with Gasteiger partial charge in [0.1, 0.15) is 6.04 Å². The summed E-state index contributed by atoms with van der Waals surface area (Å²) in [5.74, 6) is -0.169. The SMILES string of the molecule is C=CCC(N)=NCC[C@@H](C)C[C@H](N)C(=O)O. The largest absolute Gasteiger partial charge is 0.480 e. The minimum Gasteiger partial charge on any atom is -0.480 e. The number of nitrogens with zero attached hydrogens (tertiary/aromatic N) is 1. The van der Waals surface area contributed by atoms with Gasteiger partial charge in [-0.05, 0) is 18.8 Å². The van der Waals surface area contributed by atoms with Gasteiger partial charge in [-0.1, -0.05) is 13.0 Å². The molecule has 0 saturated carbocycles. The number of carboxylic acid groups (broad SMARTS) is 1. The Morgan fingerprint density at radius 2 is 2.25 bits per heavy atom. The Balaban J connectivity index is 3.81. The molecule has 0 unspecified atom stereocenters. The topological polar surface area (TPSA) is 102 Å². The lowest BCUT2D eigenvalue weighted by Gasteiger charge is -2.12. The zero-order chi connectivity index (χ0) is 12.6. The third kappa shape index (κ3) is 7.00. The number of amidine groups is 1. The fourth-order valence-corrected chi connectivity index (χ4v) is 1.29. The second kappa shape index (κ2) is 7.87. The molecule has 5 nitrogen and oxygen atoms in total. The average Bonchev–Trinajstić information content (AvgIpc) is 2.17. The Kier molecular flexibility index (Phi) is 7.20. The van der Waals surface area contributed by atoms with Crippen LogP contribution in [0.3, 0.4) is 0 Å². The van der Waals surface area contributed by atoms with Crippen molar-refractivity contribution in [3.05, 3.63) is 12.7 Å². The Labute approximate surface area is 96.2 Å². The van der Waals surface area contributed by atoms with Crippen molar-refractivity contribution >= 4 is 11.8 Å². The van der Waals surface area contributed by atoms with E-state index in [1.54, 1.807) is 6.08 Å². The molecule has 0 spiro atoms. The van der Waals surface area contributed by atoms with E-state index in [1.165, 1.54) is 0 Å². The molecule has 2 atom stereocenters. The van der Waals surface area contributed by atoms with Gasteiger partial charge >= 0.3 is 5.97 Å². The first kappa shape index (κ1) is 14.6. The number of rotatable bonds is 8. The number of nitrogens with two attached hydrogens (primary N) is 2. The van der Waals surface area contributed by atoms with Crippen molar-refractivity contribution < 1.29 is 9.90 Å². The third-order valence-corrected chi connectivity index (χ3v) is 2.26. The first-order chi connectivity index (χ1) is 7.47. The predicted octanol–water partition coefficient (Wildman–Crippen LogP) is 0.748. The van der Waals surface area contributed by atoms with Gasteiger partial charge in [-0.25, -0.2) is 0 Å². The lowest BCUT2D eigenvalue weighted by molar-refractivity contribution is -0.138. The quantitative estimate of drug-likeness (QED) is 0.323. The highest BCUT2D eigenvalue weighted by molar-refractivity contribution is 5.81. The van der Waals surface area contributed by atoms with Crippen LogP contribution in [0.25, 0.3) is 0 Å². The van der Waals surface area contributed by atoms with Gasteiger partial charge in [0.25, 0.3) is 0 Å². The molecule has 0 aliphatic carbocycles. The van der Waals surface area contributed by atoms with Crippen molar-refractivity contribution in [1.29, 1.82) is 0 Å². The lowest BCUT2D eigenvalue weighted by Crippen LogP contribution is -2.32. The maximum absolute atomic E-state index is 10.5. The summed E-state index contributed by atoms with van der Waals surface area (Å²) in [5.41, 5.74) is 11.0. The Morgan fingerprint density at radius 3 is 2.75 bits per heavy atom. The van der Waals surface area contributed by atoms with Gasteiger partial charge in [-0.15, -0.1) is 6.58 Å². The summed E-state index contributed by atoms with van der Waals surface area (Å²) in [6.07, 6.45) is 3.54. The lowest BCUT2D eigenvalue weighted by atomic mass is 9.99. The van der Waals surface area contributed by atoms with Crippen molar-refractivity contribution in [1.82, 2.24) is 0 Å². The Morgan fingerprint density at radius 1 is 1.62 bits per heavy atom. The van der Waals surface area contributed by atoms with Gasteiger partial charge in [-0.2, -0.15) is 0 Å². The number of carboxylic acids is 1. The predicted molar refractivity (Wildman–Crippen MR) is 65.3 cm³/mol. The molecule has 0 amide bonds. The molecule has 0 aromatic heterocycles. The normalized spacial score (nSPS) is 15.5. The van der Waals surface area contributed by atoms with Gasteiger partial charge < -0.3 is 16.6 Å². The molecule has 5 heteroatoms. The van der Waals surface area contributed by atoms with E-state index in [1.807, 2.05) is 6.92 Å². The van der Waals surface area contributed by atoms with Crippen molar-refractivity contribution in [2.24, 2.45) is 22.4 Å². The fraction of sp³-hybridized carbons (Fsp3) is 0.636. The van der Waals surface area contributed by atoms with Crippen LogP contribution in [0.15, 0.2) is 17.6 Å². The van der Waals surface area contributed by atoms with E-state index in [0.29, 0.717) is 25.2 Å². The van der Waals surface area contributed by atoms with Crippen molar-refractivity contribution in [2.45, 2.75) is 32.2 Å². The summed E-state index contributed by atoms with van der Waals surface area (Å²) < 4.78 is 0. The molecule has 0 saturated heterocycles. The maximum atomic E-state index is 10.5. The molecule has 0 aromatic carbocycles. The third-order valence-electron chi connectivity index (χ3n) is 2.26. The number of carbonyl (C=O) groups is 1. The van der Waals surface area contributed by atoms with Crippen molar-refractivity contribution in [2.75, 3.05) is 6.54 Å². The van der Waals surface area contributed by atoms with E-state index in [4.69, 9.17) is 16.6 Å². The number of aliphatic carboxylic acids is 1. The smallest absolute Gasteiger partial charge is 0.320 e. The van der Waals surface area contributed by atoms with Gasteiger partial charge in [0.2, 0.25) is 0 Å². The summed E-state index contributed by atoms with van der Waals surface area (Å²) in [6.45, 7) is 6.12. The van der Waals surface area contributed by atoms with Crippen LogP contribution in [0.5, 0.6) is 0 Å². The number of hydrogen-bond donors (Lipinski definition) is 3. The molecule has 0 heterocycles. The summed E-state index contributed by atoms with van der Waals surface area (Å²) in [5, 5.41) is 8.63. The van der Waals surface area contributed by atoms with Crippen LogP contribution in [0.4, 0.5) is 0 Å².